The molecule has 0 saturated heterocycles. The van der Waals surface area contributed by atoms with Crippen molar-refractivity contribution in [3.05, 3.63) is 5.50 Å². The quantitative estimate of drug-likeness (QED) is 0.219. The molecule has 0 aromatic heterocycles. The van der Waals surface area contributed by atoms with Gasteiger partial charge in [0.25, 0.3) is 0 Å². The van der Waals surface area contributed by atoms with Crippen molar-refractivity contribution in [2.24, 2.45) is 11.5 Å². The van der Waals surface area contributed by atoms with Gasteiger partial charge in [-0.05, 0) is 5.54 Å². The molecule has 0 spiro atoms. The molecule has 0 bridgehead atoms. The first-order valence-corrected chi connectivity index (χ1v) is 3.16. The normalized spacial score (nSPS) is 17.5. The average molecular weight is 383 g/mol. The van der Waals surface area contributed by atoms with Gasteiger partial charge >= 0.3 is 0 Å². The van der Waals surface area contributed by atoms with Crippen molar-refractivity contribution in [3.63, 3.8) is 0 Å². The Morgan fingerprint density at radius 3 is 1.73 bits per heavy atom. The monoisotopic (exact) mass is 382 g/mol. The summed E-state index contributed by atoms with van der Waals surface area (Å²) < 4.78 is 0. The molecule has 72 valence electrons. The van der Waals surface area contributed by atoms with Gasteiger partial charge in [-0.3, -0.25) is 0 Å². The second-order valence-corrected chi connectivity index (χ2v) is 3.07. The van der Waals surface area contributed by atoms with Gasteiger partial charge in [0.15, 0.2) is 0 Å². The smallest absolute Gasteiger partial charge is 0.235 e. The summed E-state index contributed by atoms with van der Waals surface area (Å²) in [6.45, 7) is 1.20. The van der Waals surface area contributed by atoms with E-state index in [1.54, 1.807) is 0 Å². The summed E-state index contributed by atoms with van der Waals surface area (Å²) in [5.41, 5.74) is 8.13. The Bertz CT molecular complexity index is 126. The van der Waals surface area contributed by atoms with Crippen LogP contribution in [0.2, 0.25) is 0 Å². The van der Waals surface area contributed by atoms with Crippen molar-refractivity contribution < 1.29 is 31.3 Å². The van der Waals surface area contributed by atoms with Gasteiger partial charge in [-0.15, -0.1) is 5.50 Å². The van der Waals surface area contributed by atoms with Crippen LogP contribution in [0, 0.1) is 5.50 Å². The summed E-state index contributed by atoms with van der Waals surface area (Å²) in [6.07, 6.45) is 0. The zero-order chi connectivity index (χ0) is 8.58. The molecule has 1 atom stereocenters. The van der Waals surface area contributed by atoms with Gasteiger partial charge in [0, 0.05) is 21.1 Å². The number of aliphatic hydroxyl groups is 2. The van der Waals surface area contributed by atoms with Gasteiger partial charge in [-0.25, -0.2) is 0 Å². The van der Waals surface area contributed by atoms with E-state index in [1.165, 1.54) is 6.92 Å². The van der Waals surface area contributed by atoms with Crippen molar-refractivity contribution in [2.75, 3.05) is 0 Å². The molecule has 6 N–H and O–H groups in total. The Hall–Kier alpha value is 1.11. The van der Waals surface area contributed by atoms with Crippen LogP contribution in [0.15, 0.2) is 0 Å². The van der Waals surface area contributed by atoms with E-state index in [2.05, 4.69) is 0 Å². The molecule has 0 heterocycles. The van der Waals surface area contributed by atoms with Crippen molar-refractivity contribution in [3.8, 4) is 0 Å². The third kappa shape index (κ3) is 3.55. The van der Waals surface area contributed by atoms with Gasteiger partial charge in [-0.2, -0.15) is 0 Å². The van der Waals surface area contributed by atoms with Gasteiger partial charge in [0.05, 0.1) is 0 Å². The molecular formula is C4H9Cl2N2O2Pt-. The number of rotatable bonds is 2. The van der Waals surface area contributed by atoms with E-state index in [4.69, 9.17) is 44.9 Å². The molecular weight excluding hydrogens is 374 g/mol. The summed E-state index contributed by atoms with van der Waals surface area (Å²) in [5.74, 6) is 0. The van der Waals surface area contributed by atoms with Crippen LogP contribution in [0.4, 0.5) is 0 Å². The third-order valence-corrected chi connectivity index (χ3v) is 1.94. The van der Waals surface area contributed by atoms with E-state index in [9.17, 15) is 0 Å². The number of nitrogens with two attached hydrogens (primary N) is 2. The number of halogens is 2. The molecule has 0 aliphatic rings. The van der Waals surface area contributed by atoms with Crippen molar-refractivity contribution in [1.29, 1.82) is 0 Å². The summed E-state index contributed by atoms with van der Waals surface area (Å²) in [4.78, 5) is 0. The molecule has 0 amide bonds. The van der Waals surface area contributed by atoms with Crippen molar-refractivity contribution >= 4 is 23.2 Å². The predicted octanol–water partition coefficient (Wildman–Crippen LogP) is -0.735. The number of hydrogen-bond donors (Lipinski definition) is 4. The minimum atomic E-state index is -2.63. The number of alkyl halides is 1. The topological polar surface area (TPSA) is 92.5 Å². The molecule has 0 saturated carbocycles. The maximum atomic E-state index is 8.73. The summed E-state index contributed by atoms with van der Waals surface area (Å²) in [7, 11) is 0. The molecule has 1 unspecified atom stereocenters. The van der Waals surface area contributed by atoms with Gasteiger partial charge < -0.3 is 33.3 Å². The van der Waals surface area contributed by atoms with Crippen LogP contribution < -0.4 is 11.5 Å². The van der Waals surface area contributed by atoms with Crippen LogP contribution in [0.3, 0.4) is 0 Å². The standard InChI is InChI=1S/C4H9Cl2N2O2.Pt/c1-3(8,2(5)7)4(6,9)10;/h9-10H,7-8H2,1H3;/q-1;. The van der Waals surface area contributed by atoms with Gasteiger partial charge in [-0.1, -0.05) is 18.5 Å². The third-order valence-electron chi connectivity index (χ3n) is 1.16. The zero-order valence-electron chi connectivity index (χ0n) is 5.62. The van der Waals surface area contributed by atoms with Crippen molar-refractivity contribution in [1.82, 2.24) is 0 Å². The van der Waals surface area contributed by atoms with E-state index < -0.39 is 10.8 Å². The summed E-state index contributed by atoms with van der Waals surface area (Å²) in [5, 5.41) is 14.8. The second kappa shape index (κ2) is 4.37. The van der Waals surface area contributed by atoms with Crippen LogP contribution in [0.1, 0.15) is 6.92 Å². The van der Waals surface area contributed by atoms with Crippen LogP contribution in [0.5, 0.6) is 0 Å². The Balaban J connectivity index is 0. The minimum absolute atomic E-state index is 0. The predicted molar refractivity (Wildman–Crippen MR) is 38.9 cm³/mol. The van der Waals surface area contributed by atoms with Crippen molar-refractivity contribution in [2.45, 2.75) is 17.7 Å². The van der Waals surface area contributed by atoms with E-state index in [0.717, 1.165) is 0 Å². The molecule has 7 heteroatoms. The van der Waals surface area contributed by atoms with Crippen LogP contribution in [-0.4, -0.2) is 21.0 Å². The fourth-order valence-corrected chi connectivity index (χ4v) is 0.434. The van der Waals surface area contributed by atoms with Gasteiger partial charge in [0.2, 0.25) is 5.25 Å². The van der Waals surface area contributed by atoms with E-state index in [0.29, 0.717) is 0 Å². The minimum Gasteiger partial charge on any atom is -0.464 e. The molecule has 4 nitrogen and oxygen atoms in total. The first-order chi connectivity index (χ1) is 4.19. The SMILES string of the molecule is CC(N)([C-](N)Cl)C(O)(O)Cl.[Pt]. The second-order valence-electron chi connectivity index (χ2n) is 2.14. The molecule has 11 heavy (non-hydrogen) atoms. The summed E-state index contributed by atoms with van der Waals surface area (Å²) in [6, 6.07) is 0. The maximum absolute atomic E-state index is 8.73. The molecule has 0 fully saturated rings. The van der Waals surface area contributed by atoms with Gasteiger partial charge in [0.1, 0.15) is 0 Å². The first-order valence-electron chi connectivity index (χ1n) is 2.40. The summed E-state index contributed by atoms with van der Waals surface area (Å²) >= 11 is 10.2. The first kappa shape index (κ1) is 14.6. The Kier molecular flexibility index (Phi) is 5.81. The van der Waals surface area contributed by atoms with E-state index >= 15 is 0 Å². The fourth-order valence-electron chi connectivity index (χ4n) is 0.152. The fraction of sp³-hybridized carbons (Fsp3) is 0.750. The number of hydrogen-bond acceptors (Lipinski definition) is 4. The Morgan fingerprint density at radius 2 is 1.73 bits per heavy atom. The maximum Gasteiger partial charge on any atom is 0.235 e. The van der Waals surface area contributed by atoms with E-state index in [-0.39, 0.29) is 26.6 Å². The Labute approximate surface area is 89.1 Å². The molecule has 0 aromatic rings. The van der Waals surface area contributed by atoms with E-state index in [1.807, 2.05) is 0 Å². The Morgan fingerprint density at radius 1 is 1.45 bits per heavy atom. The average Bonchev–Trinajstić information content (AvgIpc) is 1.62. The largest absolute Gasteiger partial charge is 0.464 e. The molecule has 0 aliphatic heterocycles. The molecule has 0 radical (unpaired) electrons. The zero-order valence-corrected chi connectivity index (χ0v) is 9.41. The molecule has 0 aromatic carbocycles. The molecule has 0 aliphatic carbocycles. The van der Waals surface area contributed by atoms with Crippen LogP contribution in [0.25, 0.3) is 0 Å². The van der Waals surface area contributed by atoms with Crippen LogP contribution in [-0.2, 0) is 21.1 Å². The van der Waals surface area contributed by atoms with Crippen LogP contribution >= 0.6 is 23.2 Å². The molecule has 0 rings (SSSR count).